The van der Waals surface area contributed by atoms with Crippen molar-refractivity contribution in [2.45, 2.75) is 13.0 Å². The standard InChI is InChI=1S/C22H27ClN2O4/c23-20-6-1-2-7-21(20)29-12-8-22(26)24-17-18-4-3-5-19(16-18)28-15-11-25-9-13-27-14-10-25/h1-7,16H,8-15,17H2,(H,24,26). The second kappa shape index (κ2) is 11.7. The Morgan fingerprint density at radius 2 is 1.90 bits per heavy atom. The van der Waals surface area contributed by atoms with Gasteiger partial charge in [0.1, 0.15) is 18.1 Å². The topological polar surface area (TPSA) is 60.0 Å². The van der Waals surface area contributed by atoms with Crippen molar-refractivity contribution in [2.24, 2.45) is 0 Å². The molecule has 0 spiro atoms. The first kappa shape index (κ1) is 21.4. The molecule has 2 aromatic carbocycles. The molecule has 1 aliphatic heterocycles. The predicted octanol–water partition coefficient (Wildman–Crippen LogP) is 3.14. The summed E-state index contributed by atoms with van der Waals surface area (Å²) < 4.78 is 16.7. The molecule has 1 saturated heterocycles. The predicted molar refractivity (Wildman–Crippen MR) is 113 cm³/mol. The summed E-state index contributed by atoms with van der Waals surface area (Å²) >= 11 is 6.03. The number of amides is 1. The van der Waals surface area contributed by atoms with E-state index in [-0.39, 0.29) is 18.9 Å². The van der Waals surface area contributed by atoms with Gasteiger partial charge in [0.05, 0.1) is 31.3 Å². The minimum absolute atomic E-state index is 0.0734. The van der Waals surface area contributed by atoms with E-state index in [4.69, 9.17) is 25.8 Å². The number of carbonyl (C=O) groups excluding carboxylic acids is 1. The molecule has 7 heteroatoms. The summed E-state index contributed by atoms with van der Waals surface area (Å²) in [6, 6.07) is 15.0. The molecule has 0 unspecified atom stereocenters. The Hall–Kier alpha value is -2.28. The van der Waals surface area contributed by atoms with Gasteiger partial charge in [-0.1, -0.05) is 35.9 Å². The second-order valence-corrected chi connectivity index (χ2v) is 7.16. The molecule has 0 bridgehead atoms. The van der Waals surface area contributed by atoms with Gasteiger partial charge in [-0.05, 0) is 29.8 Å². The molecule has 29 heavy (non-hydrogen) atoms. The van der Waals surface area contributed by atoms with Gasteiger partial charge in [-0.25, -0.2) is 0 Å². The van der Waals surface area contributed by atoms with Gasteiger partial charge in [-0.2, -0.15) is 0 Å². The summed E-state index contributed by atoms with van der Waals surface area (Å²) in [5, 5.41) is 3.45. The number of hydrogen-bond donors (Lipinski definition) is 1. The van der Waals surface area contributed by atoms with Crippen LogP contribution >= 0.6 is 11.6 Å². The van der Waals surface area contributed by atoms with Crippen LogP contribution in [0.5, 0.6) is 11.5 Å². The SMILES string of the molecule is O=C(CCOc1ccccc1Cl)NCc1cccc(OCCN2CCOCC2)c1. The Labute approximate surface area is 176 Å². The number of ether oxygens (including phenoxy) is 3. The van der Waals surface area contributed by atoms with E-state index in [1.807, 2.05) is 36.4 Å². The minimum Gasteiger partial charge on any atom is -0.492 e. The molecule has 1 N–H and O–H groups in total. The van der Waals surface area contributed by atoms with Gasteiger partial charge in [0.2, 0.25) is 5.91 Å². The number of nitrogens with one attached hydrogen (secondary N) is 1. The Morgan fingerprint density at radius 3 is 2.72 bits per heavy atom. The van der Waals surface area contributed by atoms with E-state index in [2.05, 4.69) is 10.2 Å². The maximum absolute atomic E-state index is 12.1. The van der Waals surface area contributed by atoms with Crippen molar-refractivity contribution in [3.63, 3.8) is 0 Å². The normalized spacial score (nSPS) is 14.4. The molecular formula is C22H27ClN2O4. The van der Waals surface area contributed by atoms with E-state index >= 15 is 0 Å². The first-order valence-corrected chi connectivity index (χ1v) is 10.2. The molecule has 6 nitrogen and oxygen atoms in total. The van der Waals surface area contributed by atoms with E-state index in [9.17, 15) is 4.79 Å². The van der Waals surface area contributed by atoms with Crippen LogP contribution in [0.4, 0.5) is 0 Å². The third kappa shape index (κ3) is 7.57. The van der Waals surface area contributed by atoms with Gasteiger partial charge in [-0.3, -0.25) is 9.69 Å². The fourth-order valence-corrected chi connectivity index (χ4v) is 3.16. The summed E-state index contributed by atoms with van der Waals surface area (Å²) in [7, 11) is 0. The Morgan fingerprint density at radius 1 is 1.07 bits per heavy atom. The van der Waals surface area contributed by atoms with E-state index in [0.717, 1.165) is 44.2 Å². The highest BCUT2D eigenvalue weighted by atomic mass is 35.5. The van der Waals surface area contributed by atoms with Gasteiger partial charge in [0.25, 0.3) is 0 Å². The van der Waals surface area contributed by atoms with E-state index in [1.54, 1.807) is 12.1 Å². The van der Waals surface area contributed by atoms with E-state index in [0.29, 0.717) is 23.9 Å². The summed E-state index contributed by atoms with van der Waals surface area (Å²) in [5.74, 6) is 1.33. The van der Waals surface area contributed by atoms with Crippen LogP contribution in [0, 0.1) is 0 Å². The molecule has 156 valence electrons. The molecule has 0 aromatic heterocycles. The van der Waals surface area contributed by atoms with Crippen molar-refractivity contribution in [1.29, 1.82) is 0 Å². The van der Waals surface area contributed by atoms with Crippen LogP contribution in [0.1, 0.15) is 12.0 Å². The van der Waals surface area contributed by atoms with Crippen LogP contribution in [0.3, 0.4) is 0 Å². The summed E-state index contributed by atoms with van der Waals surface area (Å²) in [5.41, 5.74) is 0.995. The molecule has 1 amide bonds. The molecule has 1 aliphatic rings. The third-order valence-electron chi connectivity index (χ3n) is 4.59. The minimum atomic E-state index is -0.0734. The molecule has 0 aliphatic carbocycles. The molecule has 0 radical (unpaired) electrons. The lowest BCUT2D eigenvalue weighted by Crippen LogP contribution is -2.38. The van der Waals surface area contributed by atoms with Gasteiger partial charge in [0, 0.05) is 26.2 Å². The highest BCUT2D eigenvalue weighted by molar-refractivity contribution is 6.32. The number of nitrogens with zero attached hydrogens (tertiary/aromatic N) is 1. The molecular weight excluding hydrogens is 392 g/mol. The van der Waals surface area contributed by atoms with E-state index < -0.39 is 0 Å². The maximum atomic E-state index is 12.1. The monoisotopic (exact) mass is 418 g/mol. The van der Waals surface area contributed by atoms with Crippen molar-refractivity contribution in [1.82, 2.24) is 10.2 Å². The van der Waals surface area contributed by atoms with Gasteiger partial charge >= 0.3 is 0 Å². The lowest BCUT2D eigenvalue weighted by Gasteiger charge is -2.26. The van der Waals surface area contributed by atoms with Crippen LogP contribution in [-0.4, -0.2) is 56.9 Å². The Balaban J connectivity index is 1.34. The largest absolute Gasteiger partial charge is 0.492 e. The fourth-order valence-electron chi connectivity index (χ4n) is 2.97. The first-order chi connectivity index (χ1) is 14.2. The third-order valence-corrected chi connectivity index (χ3v) is 4.90. The molecule has 1 fully saturated rings. The molecule has 2 aromatic rings. The summed E-state index contributed by atoms with van der Waals surface area (Å²) in [6.45, 7) is 5.74. The van der Waals surface area contributed by atoms with Gasteiger partial charge in [0.15, 0.2) is 0 Å². The number of rotatable bonds is 10. The van der Waals surface area contributed by atoms with Crippen molar-refractivity contribution in [3.8, 4) is 11.5 Å². The average Bonchev–Trinajstić information content (AvgIpc) is 2.75. The highest BCUT2D eigenvalue weighted by Crippen LogP contribution is 2.23. The lowest BCUT2D eigenvalue weighted by atomic mass is 10.2. The zero-order valence-corrected chi connectivity index (χ0v) is 17.2. The highest BCUT2D eigenvalue weighted by Gasteiger charge is 2.10. The average molecular weight is 419 g/mol. The van der Waals surface area contributed by atoms with Crippen molar-refractivity contribution >= 4 is 17.5 Å². The zero-order valence-electron chi connectivity index (χ0n) is 16.4. The van der Waals surface area contributed by atoms with Crippen molar-refractivity contribution in [2.75, 3.05) is 46.1 Å². The fraction of sp³-hybridized carbons (Fsp3) is 0.409. The van der Waals surface area contributed by atoms with Crippen LogP contribution in [-0.2, 0) is 16.1 Å². The number of benzene rings is 2. The molecule has 3 rings (SSSR count). The van der Waals surface area contributed by atoms with Crippen LogP contribution < -0.4 is 14.8 Å². The lowest BCUT2D eigenvalue weighted by molar-refractivity contribution is -0.121. The number of para-hydroxylation sites is 1. The van der Waals surface area contributed by atoms with E-state index in [1.165, 1.54) is 0 Å². The zero-order chi connectivity index (χ0) is 20.3. The van der Waals surface area contributed by atoms with Crippen LogP contribution in [0.2, 0.25) is 5.02 Å². The first-order valence-electron chi connectivity index (χ1n) is 9.86. The molecule has 0 atom stereocenters. The smallest absolute Gasteiger partial charge is 0.223 e. The Bertz CT molecular complexity index is 781. The number of hydrogen-bond acceptors (Lipinski definition) is 5. The van der Waals surface area contributed by atoms with Crippen LogP contribution in [0.25, 0.3) is 0 Å². The number of halogens is 1. The quantitative estimate of drug-likeness (QED) is 0.642. The second-order valence-electron chi connectivity index (χ2n) is 6.76. The summed E-state index contributed by atoms with van der Waals surface area (Å²) in [6.07, 6.45) is 0.265. The van der Waals surface area contributed by atoms with Crippen LogP contribution in [0.15, 0.2) is 48.5 Å². The number of carbonyl (C=O) groups is 1. The van der Waals surface area contributed by atoms with Crippen molar-refractivity contribution in [3.05, 3.63) is 59.1 Å². The molecule has 0 saturated carbocycles. The molecule has 1 heterocycles. The maximum Gasteiger partial charge on any atom is 0.223 e. The number of morpholine rings is 1. The van der Waals surface area contributed by atoms with Gasteiger partial charge in [-0.15, -0.1) is 0 Å². The van der Waals surface area contributed by atoms with Gasteiger partial charge < -0.3 is 19.5 Å². The summed E-state index contributed by atoms with van der Waals surface area (Å²) in [4.78, 5) is 14.4. The Kier molecular flexibility index (Phi) is 8.61. The van der Waals surface area contributed by atoms with Crippen molar-refractivity contribution < 1.29 is 19.0 Å².